The van der Waals surface area contributed by atoms with E-state index in [2.05, 4.69) is 10.0 Å². The van der Waals surface area contributed by atoms with Gasteiger partial charge in [-0.05, 0) is 40.7 Å². The smallest absolute Gasteiger partial charge is 0.215 e. The van der Waals surface area contributed by atoms with Gasteiger partial charge >= 0.3 is 0 Å². The van der Waals surface area contributed by atoms with Crippen LogP contribution in [-0.2, 0) is 14.8 Å². The monoisotopic (exact) mass is 264 g/mol. The molecule has 1 saturated heterocycles. The van der Waals surface area contributed by atoms with Gasteiger partial charge in [0.15, 0.2) is 0 Å². The topological polar surface area (TPSA) is 67.4 Å². The third-order valence-corrected chi connectivity index (χ3v) is 4.94. The Morgan fingerprint density at radius 1 is 1.47 bits per heavy atom. The lowest BCUT2D eigenvalue weighted by Gasteiger charge is -2.36. The summed E-state index contributed by atoms with van der Waals surface area (Å²) in [5.41, 5.74) is -0.238. The van der Waals surface area contributed by atoms with Crippen LogP contribution in [0.2, 0.25) is 0 Å². The largest absolute Gasteiger partial charge is 0.375 e. The molecule has 102 valence electrons. The van der Waals surface area contributed by atoms with Crippen molar-refractivity contribution in [2.45, 2.75) is 50.5 Å². The Morgan fingerprint density at radius 2 is 2.12 bits per heavy atom. The van der Waals surface area contributed by atoms with Crippen LogP contribution >= 0.6 is 0 Å². The first kappa shape index (κ1) is 14.9. The third kappa shape index (κ3) is 4.54. The minimum absolute atomic E-state index is 0.0111. The van der Waals surface area contributed by atoms with E-state index in [0.717, 1.165) is 12.8 Å². The van der Waals surface area contributed by atoms with Crippen molar-refractivity contribution in [3.05, 3.63) is 0 Å². The first-order valence-electron chi connectivity index (χ1n) is 6.06. The second-order valence-corrected chi connectivity index (χ2v) is 7.46. The highest BCUT2D eigenvalue weighted by molar-refractivity contribution is 7.90. The second kappa shape index (κ2) is 5.65. The van der Waals surface area contributed by atoms with E-state index in [1.54, 1.807) is 14.0 Å². The second-order valence-electron chi connectivity index (χ2n) is 5.33. The van der Waals surface area contributed by atoms with Crippen LogP contribution in [0.5, 0.6) is 0 Å². The molecule has 0 aromatic carbocycles. The molecule has 0 saturated carbocycles. The lowest BCUT2D eigenvalue weighted by molar-refractivity contribution is -0.0599. The maximum absolute atomic E-state index is 12.0. The fourth-order valence-electron chi connectivity index (χ4n) is 2.08. The van der Waals surface area contributed by atoms with Gasteiger partial charge in [0.1, 0.15) is 0 Å². The maximum Gasteiger partial charge on any atom is 0.215 e. The summed E-state index contributed by atoms with van der Waals surface area (Å²) in [5.74, 6) is 0. The van der Waals surface area contributed by atoms with Crippen LogP contribution in [0.4, 0.5) is 0 Å². The molecule has 0 spiro atoms. The van der Waals surface area contributed by atoms with Gasteiger partial charge in [0, 0.05) is 19.2 Å². The Morgan fingerprint density at radius 3 is 2.65 bits per heavy atom. The number of hydrogen-bond acceptors (Lipinski definition) is 4. The first-order chi connectivity index (χ1) is 7.77. The standard InChI is InChI=1S/C11H24N2O3S/c1-9(8-12-4)17(14,15)13-10-5-6-16-11(2,3)7-10/h9-10,12-13H,5-8H2,1-4H3. The van der Waals surface area contributed by atoms with Crippen LogP contribution in [0.15, 0.2) is 0 Å². The lowest BCUT2D eigenvalue weighted by Crippen LogP contribution is -2.49. The fraction of sp³-hybridized carbons (Fsp3) is 1.00. The zero-order chi connectivity index (χ0) is 13.1. The highest BCUT2D eigenvalue weighted by Crippen LogP contribution is 2.24. The van der Waals surface area contributed by atoms with Crippen LogP contribution in [0.3, 0.4) is 0 Å². The summed E-state index contributed by atoms with van der Waals surface area (Å²) in [4.78, 5) is 0. The van der Waals surface area contributed by atoms with Crippen LogP contribution in [0.1, 0.15) is 33.6 Å². The molecule has 2 unspecified atom stereocenters. The predicted octanol–water partition coefficient (Wildman–Crippen LogP) is 0.471. The molecule has 1 fully saturated rings. The Bertz CT molecular complexity index is 341. The maximum atomic E-state index is 12.0. The third-order valence-electron chi connectivity index (χ3n) is 3.05. The van der Waals surface area contributed by atoms with E-state index in [-0.39, 0.29) is 11.6 Å². The Labute approximate surface area is 104 Å². The average Bonchev–Trinajstić information content (AvgIpc) is 2.15. The Hall–Kier alpha value is -0.170. The van der Waals surface area contributed by atoms with Gasteiger partial charge < -0.3 is 10.1 Å². The van der Waals surface area contributed by atoms with Gasteiger partial charge in [0.05, 0.1) is 10.9 Å². The summed E-state index contributed by atoms with van der Waals surface area (Å²) >= 11 is 0. The zero-order valence-corrected chi connectivity index (χ0v) is 11.9. The minimum Gasteiger partial charge on any atom is -0.375 e. The van der Waals surface area contributed by atoms with Crippen molar-refractivity contribution >= 4 is 10.0 Å². The normalized spacial score (nSPS) is 26.7. The lowest BCUT2D eigenvalue weighted by atomic mass is 9.95. The summed E-state index contributed by atoms with van der Waals surface area (Å²) in [6.45, 7) is 6.76. The summed E-state index contributed by atoms with van der Waals surface area (Å²) in [7, 11) is -1.49. The van der Waals surface area contributed by atoms with E-state index in [1.165, 1.54) is 0 Å². The van der Waals surface area contributed by atoms with Gasteiger partial charge in [-0.2, -0.15) is 0 Å². The number of ether oxygens (including phenoxy) is 1. The molecular weight excluding hydrogens is 240 g/mol. The number of nitrogens with one attached hydrogen (secondary N) is 2. The molecule has 1 aliphatic heterocycles. The van der Waals surface area contributed by atoms with Crippen molar-refractivity contribution in [2.24, 2.45) is 0 Å². The Kier molecular flexibility index (Phi) is 4.95. The van der Waals surface area contributed by atoms with Gasteiger partial charge in [0.2, 0.25) is 10.0 Å². The van der Waals surface area contributed by atoms with Crippen molar-refractivity contribution in [1.82, 2.24) is 10.0 Å². The average molecular weight is 264 g/mol. The molecule has 0 bridgehead atoms. The van der Waals surface area contributed by atoms with Crippen molar-refractivity contribution in [3.8, 4) is 0 Å². The summed E-state index contributed by atoms with van der Waals surface area (Å²) in [6.07, 6.45) is 1.47. The molecule has 5 nitrogen and oxygen atoms in total. The van der Waals surface area contributed by atoms with Crippen LogP contribution in [-0.4, -0.2) is 45.5 Å². The number of sulfonamides is 1. The van der Waals surface area contributed by atoms with Gasteiger partial charge in [-0.15, -0.1) is 0 Å². The van der Waals surface area contributed by atoms with Gasteiger partial charge in [-0.3, -0.25) is 0 Å². The van der Waals surface area contributed by atoms with Crippen molar-refractivity contribution < 1.29 is 13.2 Å². The number of rotatable bonds is 5. The molecule has 2 N–H and O–H groups in total. The van der Waals surface area contributed by atoms with Crippen LogP contribution in [0.25, 0.3) is 0 Å². The minimum atomic E-state index is -3.24. The highest BCUT2D eigenvalue weighted by Gasteiger charge is 2.32. The Balaban J connectivity index is 2.58. The van der Waals surface area contributed by atoms with Crippen molar-refractivity contribution in [3.63, 3.8) is 0 Å². The molecule has 0 aliphatic carbocycles. The summed E-state index contributed by atoms with van der Waals surface area (Å²) in [6, 6.07) is -0.0111. The molecule has 1 aliphatic rings. The molecular formula is C11H24N2O3S. The number of hydrogen-bond donors (Lipinski definition) is 2. The molecule has 0 amide bonds. The molecule has 17 heavy (non-hydrogen) atoms. The highest BCUT2D eigenvalue weighted by atomic mass is 32.2. The van der Waals surface area contributed by atoms with E-state index in [4.69, 9.17) is 4.74 Å². The fourth-order valence-corrected chi connectivity index (χ4v) is 3.36. The van der Waals surface area contributed by atoms with E-state index in [0.29, 0.717) is 13.2 Å². The van der Waals surface area contributed by atoms with Crippen molar-refractivity contribution in [1.29, 1.82) is 0 Å². The quantitative estimate of drug-likeness (QED) is 0.757. The summed E-state index contributed by atoms with van der Waals surface area (Å²) < 4.78 is 32.4. The molecule has 0 aromatic heterocycles. The van der Waals surface area contributed by atoms with E-state index >= 15 is 0 Å². The van der Waals surface area contributed by atoms with E-state index < -0.39 is 15.3 Å². The van der Waals surface area contributed by atoms with Crippen LogP contribution < -0.4 is 10.0 Å². The zero-order valence-electron chi connectivity index (χ0n) is 11.1. The van der Waals surface area contributed by atoms with Gasteiger partial charge in [-0.1, -0.05) is 0 Å². The van der Waals surface area contributed by atoms with E-state index in [1.807, 2.05) is 13.8 Å². The molecule has 0 radical (unpaired) electrons. The molecule has 2 atom stereocenters. The van der Waals surface area contributed by atoms with Gasteiger partial charge in [-0.25, -0.2) is 13.1 Å². The predicted molar refractivity (Wildman–Crippen MR) is 68.5 cm³/mol. The van der Waals surface area contributed by atoms with Crippen molar-refractivity contribution in [2.75, 3.05) is 20.2 Å². The van der Waals surface area contributed by atoms with Crippen LogP contribution in [0, 0.1) is 0 Å². The van der Waals surface area contributed by atoms with E-state index in [9.17, 15) is 8.42 Å². The first-order valence-corrected chi connectivity index (χ1v) is 7.61. The van der Waals surface area contributed by atoms with Gasteiger partial charge in [0.25, 0.3) is 0 Å². The summed E-state index contributed by atoms with van der Waals surface area (Å²) in [5, 5.41) is 2.47. The molecule has 6 heteroatoms. The molecule has 1 heterocycles. The molecule has 0 aromatic rings. The SMILES string of the molecule is CNCC(C)S(=O)(=O)NC1CCOC(C)(C)C1. The molecule has 1 rings (SSSR count).